The maximum Gasteiger partial charge on any atom is 0.315 e. The van der Waals surface area contributed by atoms with E-state index in [0.717, 1.165) is 49.7 Å². The van der Waals surface area contributed by atoms with Crippen molar-refractivity contribution in [2.24, 2.45) is 0 Å². The summed E-state index contributed by atoms with van der Waals surface area (Å²) in [6, 6.07) is 17.9. The van der Waals surface area contributed by atoms with Crippen LogP contribution in [0.25, 0.3) is 5.69 Å². The molecule has 2 unspecified atom stereocenters. The number of amides is 2. The van der Waals surface area contributed by atoms with E-state index >= 15 is 0 Å². The van der Waals surface area contributed by atoms with Gasteiger partial charge in [0.15, 0.2) is 0 Å². The van der Waals surface area contributed by atoms with Crippen molar-refractivity contribution in [3.8, 4) is 5.69 Å². The molecule has 7 nitrogen and oxygen atoms in total. The average molecular weight is 420 g/mol. The van der Waals surface area contributed by atoms with Gasteiger partial charge in [0.1, 0.15) is 0 Å². The lowest BCUT2D eigenvalue weighted by Gasteiger charge is -2.31. The number of carbonyl (C=O) groups excluding carboxylic acids is 1. The van der Waals surface area contributed by atoms with Gasteiger partial charge in [-0.05, 0) is 30.2 Å². The van der Waals surface area contributed by atoms with E-state index in [4.69, 9.17) is 4.74 Å². The van der Waals surface area contributed by atoms with E-state index in [1.807, 2.05) is 60.2 Å². The van der Waals surface area contributed by atoms with Crippen LogP contribution in [0.2, 0.25) is 0 Å². The molecule has 0 spiro atoms. The molecule has 0 bridgehead atoms. The number of morpholine rings is 1. The Morgan fingerprint density at radius 3 is 2.45 bits per heavy atom. The molecule has 1 saturated heterocycles. The smallest absolute Gasteiger partial charge is 0.315 e. The highest BCUT2D eigenvalue weighted by atomic mass is 16.5. The Kier molecular flexibility index (Phi) is 6.96. The van der Waals surface area contributed by atoms with Crippen molar-refractivity contribution in [1.29, 1.82) is 0 Å². The number of carbonyl (C=O) groups is 1. The maximum absolute atomic E-state index is 12.8. The minimum atomic E-state index is -0.173. The van der Waals surface area contributed by atoms with Crippen molar-refractivity contribution in [1.82, 2.24) is 25.1 Å². The number of ether oxygens (including phenoxy) is 1. The van der Waals surface area contributed by atoms with Gasteiger partial charge in [0.25, 0.3) is 0 Å². The number of benzene rings is 2. The van der Waals surface area contributed by atoms with E-state index in [1.54, 1.807) is 12.5 Å². The molecule has 1 aliphatic heterocycles. The maximum atomic E-state index is 12.8. The normalized spacial score (nSPS) is 16.4. The molecule has 2 N–H and O–H groups in total. The zero-order valence-electron chi connectivity index (χ0n) is 17.8. The largest absolute Gasteiger partial charge is 0.379 e. The Morgan fingerprint density at radius 2 is 1.77 bits per heavy atom. The molecule has 1 fully saturated rings. The molecule has 2 atom stereocenters. The third kappa shape index (κ3) is 5.71. The first-order valence-electron chi connectivity index (χ1n) is 10.7. The van der Waals surface area contributed by atoms with Crippen LogP contribution in [0, 0.1) is 0 Å². The van der Waals surface area contributed by atoms with Gasteiger partial charge in [-0.15, -0.1) is 0 Å². The van der Waals surface area contributed by atoms with Crippen LogP contribution in [-0.4, -0.2) is 53.3 Å². The lowest BCUT2D eigenvalue weighted by molar-refractivity contribution is 0.0339. The van der Waals surface area contributed by atoms with E-state index < -0.39 is 0 Å². The van der Waals surface area contributed by atoms with E-state index in [2.05, 4.69) is 32.7 Å². The summed E-state index contributed by atoms with van der Waals surface area (Å²) in [7, 11) is 0. The van der Waals surface area contributed by atoms with Crippen LogP contribution in [0.15, 0.2) is 73.3 Å². The average Bonchev–Trinajstić information content (AvgIpc) is 3.35. The summed E-state index contributed by atoms with van der Waals surface area (Å²) < 4.78 is 7.40. The van der Waals surface area contributed by atoms with Crippen molar-refractivity contribution in [2.45, 2.75) is 19.0 Å². The Bertz CT molecular complexity index is 938. The third-order valence-corrected chi connectivity index (χ3v) is 5.59. The molecule has 0 saturated carbocycles. The number of nitrogens with zero attached hydrogens (tertiary/aromatic N) is 3. The van der Waals surface area contributed by atoms with Crippen LogP contribution >= 0.6 is 0 Å². The van der Waals surface area contributed by atoms with E-state index in [1.165, 1.54) is 0 Å². The molecule has 1 aliphatic rings. The van der Waals surface area contributed by atoms with E-state index in [9.17, 15) is 4.79 Å². The number of aromatic nitrogens is 2. The molecule has 2 aromatic carbocycles. The van der Waals surface area contributed by atoms with Gasteiger partial charge in [-0.2, -0.15) is 0 Å². The number of nitrogens with one attached hydrogen (secondary N) is 2. The Hall–Kier alpha value is -3.16. The van der Waals surface area contributed by atoms with Gasteiger partial charge in [0, 0.05) is 37.7 Å². The van der Waals surface area contributed by atoms with E-state index in [0.29, 0.717) is 0 Å². The van der Waals surface area contributed by atoms with Crippen LogP contribution in [0.1, 0.15) is 30.1 Å². The van der Waals surface area contributed by atoms with Crippen molar-refractivity contribution >= 4 is 6.03 Å². The molecule has 4 rings (SSSR count). The number of hydrogen-bond donors (Lipinski definition) is 2. The minimum Gasteiger partial charge on any atom is -0.379 e. The molecule has 7 heteroatoms. The molecule has 2 amide bonds. The van der Waals surface area contributed by atoms with Gasteiger partial charge in [0.2, 0.25) is 0 Å². The fourth-order valence-corrected chi connectivity index (χ4v) is 3.79. The molecular formula is C24H29N5O2. The Labute approximate surface area is 183 Å². The highest BCUT2D eigenvalue weighted by molar-refractivity contribution is 5.75. The standard InChI is InChI=1S/C24H29N5O2/c1-19(20-7-9-22(10-8-20)29-12-11-25-18-29)26-24(30)27-23(21-5-3-2-4-6-21)17-28-13-15-31-16-14-28/h2-12,18-19,23H,13-17H2,1H3,(H2,26,27,30). The van der Waals surface area contributed by atoms with Crippen LogP contribution in [0.3, 0.4) is 0 Å². The lowest BCUT2D eigenvalue weighted by Crippen LogP contribution is -2.46. The molecule has 0 aliphatic carbocycles. The summed E-state index contributed by atoms with van der Waals surface area (Å²) in [6.07, 6.45) is 5.42. The zero-order chi connectivity index (χ0) is 21.5. The number of urea groups is 1. The van der Waals surface area contributed by atoms with Gasteiger partial charge in [0.05, 0.1) is 31.6 Å². The zero-order valence-corrected chi connectivity index (χ0v) is 17.8. The molecule has 1 aromatic heterocycles. The van der Waals surface area contributed by atoms with Crippen LogP contribution < -0.4 is 10.6 Å². The molecule has 2 heterocycles. The van der Waals surface area contributed by atoms with Crippen molar-refractivity contribution in [3.05, 3.63) is 84.4 Å². The van der Waals surface area contributed by atoms with E-state index in [-0.39, 0.29) is 18.1 Å². The highest BCUT2D eigenvalue weighted by Gasteiger charge is 2.21. The van der Waals surface area contributed by atoms with Crippen molar-refractivity contribution in [3.63, 3.8) is 0 Å². The van der Waals surface area contributed by atoms with Gasteiger partial charge < -0.3 is 19.9 Å². The van der Waals surface area contributed by atoms with Crippen molar-refractivity contribution in [2.75, 3.05) is 32.8 Å². The predicted octanol–water partition coefficient (Wildman–Crippen LogP) is 3.31. The predicted molar refractivity (Wildman–Crippen MR) is 120 cm³/mol. The summed E-state index contributed by atoms with van der Waals surface area (Å²) in [5.74, 6) is 0. The first-order valence-corrected chi connectivity index (χ1v) is 10.7. The molecule has 0 radical (unpaired) electrons. The second kappa shape index (κ2) is 10.2. The monoisotopic (exact) mass is 419 g/mol. The fraction of sp³-hybridized carbons (Fsp3) is 0.333. The SMILES string of the molecule is CC(NC(=O)NC(CN1CCOCC1)c1ccccc1)c1ccc(-n2ccnc2)cc1. The summed E-state index contributed by atoms with van der Waals surface area (Å²) in [4.78, 5) is 19.2. The quantitative estimate of drug-likeness (QED) is 0.616. The molecule has 162 valence electrons. The van der Waals surface area contributed by atoms with Gasteiger partial charge in [-0.25, -0.2) is 9.78 Å². The second-order valence-corrected chi connectivity index (χ2v) is 7.78. The summed E-state index contributed by atoms with van der Waals surface area (Å²) in [5.41, 5.74) is 3.18. The third-order valence-electron chi connectivity index (χ3n) is 5.59. The lowest BCUT2D eigenvalue weighted by atomic mass is 10.1. The first kappa shape index (κ1) is 21.1. The number of imidazole rings is 1. The number of rotatable bonds is 7. The fourth-order valence-electron chi connectivity index (χ4n) is 3.79. The summed E-state index contributed by atoms with van der Waals surface area (Å²) in [5, 5.41) is 6.25. The van der Waals surface area contributed by atoms with Gasteiger partial charge in [-0.1, -0.05) is 42.5 Å². The second-order valence-electron chi connectivity index (χ2n) is 7.78. The summed E-state index contributed by atoms with van der Waals surface area (Å²) in [6.45, 7) is 5.98. The highest BCUT2D eigenvalue weighted by Crippen LogP contribution is 2.18. The minimum absolute atomic E-state index is 0.0879. The van der Waals surface area contributed by atoms with Crippen molar-refractivity contribution < 1.29 is 9.53 Å². The summed E-state index contributed by atoms with van der Waals surface area (Å²) >= 11 is 0. The molecular weight excluding hydrogens is 390 g/mol. The van der Waals surface area contributed by atoms with Crippen LogP contribution in [0.5, 0.6) is 0 Å². The van der Waals surface area contributed by atoms with Crippen LogP contribution in [-0.2, 0) is 4.74 Å². The van der Waals surface area contributed by atoms with Gasteiger partial charge in [-0.3, -0.25) is 4.90 Å². The van der Waals surface area contributed by atoms with Gasteiger partial charge >= 0.3 is 6.03 Å². The topological polar surface area (TPSA) is 71.4 Å². The first-order chi connectivity index (χ1) is 15.2. The Balaban J connectivity index is 1.38. The Morgan fingerprint density at radius 1 is 1.03 bits per heavy atom. The molecule has 31 heavy (non-hydrogen) atoms. The number of hydrogen-bond acceptors (Lipinski definition) is 4. The van der Waals surface area contributed by atoms with Crippen LogP contribution in [0.4, 0.5) is 4.79 Å². The molecule has 3 aromatic rings.